The quantitative estimate of drug-likeness (QED) is 0.901. The van der Waals surface area contributed by atoms with E-state index in [9.17, 15) is 0 Å². The second-order valence-electron chi connectivity index (χ2n) is 6.04. The van der Waals surface area contributed by atoms with E-state index in [-0.39, 0.29) is 0 Å². The fourth-order valence-electron chi connectivity index (χ4n) is 3.56. The molecule has 2 atom stereocenters. The molecule has 2 unspecified atom stereocenters. The summed E-state index contributed by atoms with van der Waals surface area (Å²) in [4.78, 5) is 7.07. The monoisotopic (exact) mass is 323 g/mol. The summed E-state index contributed by atoms with van der Waals surface area (Å²) >= 11 is 3.50. The molecule has 0 amide bonds. The number of pyridine rings is 1. The average molecular weight is 324 g/mol. The van der Waals surface area contributed by atoms with Gasteiger partial charge in [-0.2, -0.15) is 0 Å². The summed E-state index contributed by atoms with van der Waals surface area (Å²) in [5.41, 5.74) is 1.24. The number of aryl methyl sites for hydroxylation is 1. The third-order valence-corrected chi connectivity index (χ3v) is 5.57. The maximum Gasteiger partial charge on any atom is 0.126 e. The fourth-order valence-corrected chi connectivity index (χ4v) is 3.78. The highest BCUT2D eigenvalue weighted by Crippen LogP contribution is 2.33. The molecular weight excluding hydrogens is 302 g/mol. The van der Waals surface area contributed by atoms with Crippen LogP contribution in [0.2, 0.25) is 0 Å². The number of hydrogen-bond donors (Lipinski definition) is 1. The molecular formula is C15H22BrN3. The standard InChI is InChI=1S/C15H22BrN3/c1-10-6-15(17-9-14(10)16)18-11-7-12-4-3-5-13(8-11)19(12)2/h6,9,11-13H,3-5,7-8H2,1-2H3,(H,17,18). The molecule has 0 spiro atoms. The van der Waals surface area contributed by atoms with Crippen LogP contribution in [0.4, 0.5) is 5.82 Å². The molecule has 0 aromatic carbocycles. The van der Waals surface area contributed by atoms with E-state index < -0.39 is 0 Å². The van der Waals surface area contributed by atoms with E-state index in [1.54, 1.807) is 0 Å². The predicted molar refractivity (Wildman–Crippen MR) is 82.5 cm³/mol. The molecule has 2 aliphatic heterocycles. The first kappa shape index (κ1) is 13.4. The van der Waals surface area contributed by atoms with Gasteiger partial charge >= 0.3 is 0 Å². The lowest BCUT2D eigenvalue weighted by Gasteiger charge is -2.47. The van der Waals surface area contributed by atoms with Crippen LogP contribution in [-0.4, -0.2) is 35.1 Å². The minimum absolute atomic E-state index is 0.583. The molecule has 1 aromatic heterocycles. The Hall–Kier alpha value is -0.610. The van der Waals surface area contributed by atoms with Crippen molar-refractivity contribution in [3.8, 4) is 0 Å². The number of halogens is 1. The SMILES string of the molecule is Cc1cc(NC2CC3CCCC(C2)N3C)ncc1Br. The molecule has 2 saturated heterocycles. The van der Waals surface area contributed by atoms with Crippen LogP contribution in [0, 0.1) is 6.92 Å². The third-order valence-electron chi connectivity index (χ3n) is 4.74. The first-order chi connectivity index (χ1) is 9.13. The number of nitrogens with zero attached hydrogens (tertiary/aromatic N) is 2. The smallest absolute Gasteiger partial charge is 0.126 e. The first-order valence-corrected chi connectivity index (χ1v) is 8.03. The van der Waals surface area contributed by atoms with Gasteiger partial charge in [0.25, 0.3) is 0 Å². The van der Waals surface area contributed by atoms with Gasteiger partial charge in [0.1, 0.15) is 5.82 Å². The van der Waals surface area contributed by atoms with Gasteiger partial charge in [-0.3, -0.25) is 0 Å². The van der Waals surface area contributed by atoms with E-state index in [0.717, 1.165) is 22.4 Å². The van der Waals surface area contributed by atoms with Crippen molar-refractivity contribution in [2.24, 2.45) is 0 Å². The summed E-state index contributed by atoms with van der Waals surface area (Å²) in [7, 11) is 2.30. The molecule has 3 nitrogen and oxygen atoms in total. The Bertz CT molecular complexity index is 449. The van der Waals surface area contributed by atoms with Gasteiger partial charge in [0, 0.05) is 28.8 Å². The van der Waals surface area contributed by atoms with Crippen LogP contribution in [0.25, 0.3) is 0 Å². The molecule has 104 valence electrons. The lowest BCUT2D eigenvalue weighted by molar-refractivity contribution is 0.0608. The van der Waals surface area contributed by atoms with E-state index in [4.69, 9.17) is 0 Å². The Kier molecular flexibility index (Phi) is 3.81. The zero-order valence-electron chi connectivity index (χ0n) is 11.7. The normalized spacial score (nSPS) is 31.2. The summed E-state index contributed by atoms with van der Waals surface area (Å²) in [6.07, 6.45) is 8.53. The summed E-state index contributed by atoms with van der Waals surface area (Å²) in [6.45, 7) is 2.11. The van der Waals surface area contributed by atoms with Crippen LogP contribution in [0.1, 0.15) is 37.7 Å². The second kappa shape index (κ2) is 5.41. The largest absolute Gasteiger partial charge is 0.367 e. The lowest BCUT2D eigenvalue weighted by Crippen LogP contribution is -2.52. The lowest BCUT2D eigenvalue weighted by atomic mass is 9.82. The predicted octanol–water partition coefficient (Wildman–Crippen LogP) is 3.58. The molecule has 1 N–H and O–H groups in total. The van der Waals surface area contributed by atoms with Crippen molar-refractivity contribution in [3.05, 3.63) is 22.3 Å². The highest BCUT2D eigenvalue weighted by atomic mass is 79.9. The number of anilines is 1. The van der Waals surface area contributed by atoms with Gasteiger partial charge < -0.3 is 10.2 Å². The summed E-state index contributed by atoms with van der Waals surface area (Å²) in [6, 6.07) is 4.25. The molecule has 2 aliphatic rings. The molecule has 0 aliphatic carbocycles. The molecule has 4 heteroatoms. The van der Waals surface area contributed by atoms with E-state index in [2.05, 4.69) is 51.2 Å². The van der Waals surface area contributed by atoms with Gasteiger partial charge in [-0.25, -0.2) is 4.98 Å². The minimum atomic E-state index is 0.583. The van der Waals surface area contributed by atoms with Crippen molar-refractivity contribution < 1.29 is 0 Å². The van der Waals surface area contributed by atoms with Gasteiger partial charge in [0.15, 0.2) is 0 Å². The van der Waals surface area contributed by atoms with Crippen LogP contribution >= 0.6 is 15.9 Å². The maximum absolute atomic E-state index is 4.47. The number of fused-ring (bicyclic) bond motifs is 2. The molecule has 3 heterocycles. The van der Waals surface area contributed by atoms with Crippen LogP contribution in [0.15, 0.2) is 16.7 Å². The van der Waals surface area contributed by atoms with Crippen LogP contribution in [0.5, 0.6) is 0 Å². The molecule has 1 aromatic rings. The molecule has 0 saturated carbocycles. The van der Waals surface area contributed by atoms with Gasteiger partial charge in [-0.1, -0.05) is 6.42 Å². The maximum atomic E-state index is 4.47. The topological polar surface area (TPSA) is 28.2 Å². The highest BCUT2D eigenvalue weighted by Gasteiger charge is 2.35. The number of rotatable bonds is 2. The summed E-state index contributed by atoms with van der Waals surface area (Å²) in [5.74, 6) is 1.02. The zero-order chi connectivity index (χ0) is 13.4. The van der Waals surface area contributed by atoms with Crippen molar-refractivity contribution in [3.63, 3.8) is 0 Å². The number of hydrogen-bond acceptors (Lipinski definition) is 3. The molecule has 2 fully saturated rings. The summed E-state index contributed by atoms with van der Waals surface area (Å²) in [5, 5.41) is 3.64. The van der Waals surface area contributed by atoms with Gasteiger partial charge in [-0.15, -0.1) is 0 Å². The Morgan fingerprint density at radius 2 is 2.00 bits per heavy atom. The van der Waals surface area contributed by atoms with Crippen molar-refractivity contribution >= 4 is 21.7 Å². The first-order valence-electron chi connectivity index (χ1n) is 7.24. The third kappa shape index (κ3) is 2.79. The van der Waals surface area contributed by atoms with Gasteiger partial charge in [-0.05, 0) is 67.2 Å². The molecule has 2 bridgehead atoms. The van der Waals surface area contributed by atoms with E-state index in [1.807, 2.05) is 6.20 Å². The zero-order valence-corrected chi connectivity index (χ0v) is 13.3. The van der Waals surface area contributed by atoms with Gasteiger partial charge in [0.2, 0.25) is 0 Å². The fraction of sp³-hybridized carbons (Fsp3) is 0.667. The molecule has 19 heavy (non-hydrogen) atoms. The molecule has 0 radical (unpaired) electrons. The van der Waals surface area contributed by atoms with Crippen LogP contribution in [0.3, 0.4) is 0 Å². The van der Waals surface area contributed by atoms with Crippen molar-refractivity contribution in [1.82, 2.24) is 9.88 Å². The van der Waals surface area contributed by atoms with Crippen LogP contribution in [-0.2, 0) is 0 Å². The number of nitrogens with one attached hydrogen (secondary N) is 1. The highest BCUT2D eigenvalue weighted by molar-refractivity contribution is 9.10. The number of piperidine rings is 2. The Morgan fingerprint density at radius 3 is 2.63 bits per heavy atom. The van der Waals surface area contributed by atoms with Gasteiger partial charge in [0.05, 0.1) is 0 Å². The minimum Gasteiger partial charge on any atom is -0.367 e. The van der Waals surface area contributed by atoms with Crippen LogP contribution < -0.4 is 5.32 Å². The number of aromatic nitrogens is 1. The van der Waals surface area contributed by atoms with Crippen molar-refractivity contribution in [1.29, 1.82) is 0 Å². The Morgan fingerprint density at radius 1 is 1.32 bits per heavy atom. The molecule has 3 rings (SSSR count). The summed E-state index contributed by atoms with van der Waals surface area (Å²) < 4.78 is 1.08. The Labute approximate surface area is 123 Å². The van der Waals surface area contributed by atoms with E-state index >= 15 is 0 Å². The van der Waals surface area contributed by atoms with E-state index in [0.29, 0.717) is 6.04 Å². The second-order valence-corrected chi connectivity index (χ2v) is 6.89. The van der Waals surface area contributed by atoms with Crippen molar-refractivity contribution in [2.75, 3.05) is 12.4 Å². The Balaban J connectivity index is 1.69. The van der Waals surface area contributed by atoms with Crippen molar-refractivity contribution in [2.45, 2.75) is 57.2 Å². The van der Waals surface area contributed by atoms with E-state index in [1.165, 1.54) is 37.7 Å². The average Bonchev–Trinajstić information content (AvgIpc) is 2.35.